The van der Waals surface area contributed by atoms with Gasteiger partial charge in [0.2, 0.25) is 0 Å². The molecule has 0 heterocycles. The quantitative estimate of drug-likeness (QED) is 0.795. The van der Waals surface area contributed by atoms with Gasteiger partial charge in [-0.15, -0.1) is 0 Å². The van der Waals surface area contributed by atoms with E-state index in [1.165, 1.54) is 7.11 Å². The molecule has 0 spiro atoms. The summed E-state index contributed by atoms with van der Waals surface area (Å²) in [5.74, 6) is -0.0306. The summed E-state index contributed by atoms with van der Waals surface area (Å²) >= 11 is 3.27. The van der Waals surface area contributed by atoms with Crippen LogP contribution in [-0.4, -0.2) is 31.6 Å². The fourth-order valence-corrected chi connectivity index (χ4v) is 1.87. The number of halogens is 1. The van der Waals surface area contributed by atoms with E-state index < -0.39 is 5.97 Å². The Kier molecular flexibility index (Phi) is 6.68. The highest BCUT2D eigenvalue weighted by molar-refractivity contribution is 9.10. The van der Waals surface area contributed by atoms with Gasteiger partial charge in [-0.3, -0.25) is 4.79 Å². The molecule has 116 valence electrons. The second-order valence-corrected chi connectivity index (χ2v) is 5.88. The third kappa shape index (κ3) is 5.38. The molecule has 5 nitrogen and oxygen atoms in total. The molecular weight excluding hydrogens is 338 g/mol. The van der Waals surface area contributed by atoms with Gasteiger partial charge in [-0.1, -0.05) is 13.8 Å². The number of esters is 1. The van der Waals surface area contributed by atoms with Crippen LogP contribution in [0, 0.1) is 5.92 Å². The van der Waals surface area contributed by atoms with E-state index in [2.05, 4.69) is 21.2 Å². The SMILES string of the molecule is COc1ccc(Br)c(C(=O)OCC(=O)N[C@H](C)C(C)C)c1. The van der Waals surface area contributed by atoms with E-state index in [1.54, 1.807) is 18.2 Å². The number of ether oxygens (including phenoxy) is 2. The zero-order chi connectivity index (χ0) is 16.0. The molecule has 1 atom stereocenters. The molecule has 0 bridgehead atoms. The summed E-state index contributed by atoms with van der Waals surface area (Å²) in [5, 5.41) is 2.77. The first-order chi connectivity index (χ1) is 9.85. The second-order valence-electron chi connectivity index (χ2n) is 5.02. The average Bonchev–Trinajstić information content (AvgIpc) is 2.45. The minimum Gasteiger partial charge on any atom is -0.497 e. The van der Waals surface area contributed by atoms with Crippen LogP contribution < -0.4 is 10.1 Å². The first-order valence-corrected chi connectivity index (χ1v) is 7.44. The molecular formula is C15H20BrNO4. The molecule has 0 aliphatic heterocycles. The number of nitrogens with one attached hydrogen (secondary N) is 1. The van der Waals surface area contributed by atoms with Gasteiger partial charge >= 0.3 is 5.97 Å². The Balaban J connectivity index is 2.60. The van der Waals surface area contributed by atoms with E-state index in [0.717, 1.165) is 0 Å². The van der Waals surface area contributed by atoms with Crippen LogP contribution in [0.1, 0.15) is 31.1 Å². The molecule has 1 aromatic carbocycles. The van der Waals surface area contributed by atoms with Crippen molar-refractivity contribution in [2.75, 3.05) is 13.7 Å². The van der Waals surface area contributed by atoms with Crippen LogP contribution in [0.5, 0.6) is 5.75 Å². The van der Waals surface area contributed by atoms with Gasteiger partial charge in [0.1, 0.15) is 5.75 Å². The molecule has 21 heavy (non-hydrogen) atoms. The Morgan fingerprint density at radius 3 is 2.52 bits per heavy atom. The van der Waals surface area contributed by atoms with E-state index in [-0.39, 0.29) is 18.6 Å². The van der Waals surface area contributed by atoms with Crippen molar-refractivity contribution in [3.8, 4) is 5.75 Å². The second kappa shape index (κ2) is 8.02. The normalized spacial score (nSPS) is 11.9. The van der Waals surface area contributed by atoms with Gasteiger partial charge in [0.25, 0.3) is 5.91 Å². The van der Waals surface area contributed by atoms with Gasteiger partial charge < -0.3 is 14.8 Å². The highest BCUT2D eigenvalue weighted by Gasteiger charge is 2.16. The molecule has 1 aromatic rings. The first-order valence-electron chi connectivity index (χ1n) is 6.65. The predicted octanol–water partition coefficient (Wildman–Crippen LogP) is 2.78. The topological polar surface area (TPSA) is 64.6 Å². The molecule has 0 aliphatic carbocycles. The predicted molar refractivity (Wildman–Crippen MR) is 83.4 cm³/mol. The number of rotatable bonds is 6. The fraction of sp³-hybridized carbons (Fsp3) is 0.467. The monoisotopic (exact) mass is 357 g/mol. The number of carbonyl (C=O) groups excluding carboxylic acids is 2. The lowest BCUT2D eigenvalue weighted by atomic mass is 10.1. The smallest absolute Gasteiger partial charge is 0.339 e. The number of methoxy groups -OCH3 is 1. The molecule has 1 rings (SSSR count). The minimum absolute atomic E-state index is 0.0276. The molecule has 0 fully saturated rings. The lowest BCUT2D eigenvalue weighted by Crippen LogP contribution is -2.38. The molecule has 6 heteroatoms. The minimum atomic E-state index is -0.576. The van der Waals surface area contributed by atoms with Crippen LogP contribution in [0.4, 0.5) is 0 Å². The van der Waals surface area contributed by atoms with Crippen molar-refractivity contribution < 1.29 is 19.1 Å². The van der Waals surface area contributed by atoms with E-state index in [4.69, 9.17) is 9.47 Å². The van der Waals surface area contributed by atoms with Gasteiger partial charge in [-0.25, -0.2) is 4.79 Å². The van der Waals surface area contributed by atoms with Crippen LogP contribution in [0.25, 0.3) is 0 Å². The summed E-state index contributed by atoms with van der Waals surface area (Å²) in [6.07, 6.45) is 0. The first kappa shape index (κ1) is 17.5. The summed E-state index contributed by atoms with van der Waals surface area (Å²) in [6, 6.07) is 5.00. The van der Waals surface area contributed by atoms with Crippen LogP contribution in [0.2, 0.25) is 0 Å². The molecule has 0 saturated heterocycles. The summed E-state index contributed by atoms with van der Waals surface area (Å²) in [4.78, 5) is 23.6. The van der Waals surface area contributed by atoms with Crippen molar-refractivity contribution in [3.63, 3.8) is 0 Å². The van der Waals surface area contributed by atoms with E-state index >= 15 is 0 Å². The van der Waals surface area contributed by atoms with Crippen molar-refractivity contribution >= 4 is 27.8 Å². The molecule has 0 unspecified atom stereocenters. The number of amides is 1. The Labute approximate surface area is 133 Å². The maximum absolute atomic E-state index is 12.0. The Morgan fingerprint density at radius 2 is 1.95 bits per heavy atom. The molecule has 1 amide bonds. The van der Waals surface area contributed by atoms with Crippen LogP contribution in [0.15, 0.2) is 22.7 Å². The standard InChI is InChI=1S/C15H20BrNO4/c1-9(2)10(3)17-14(18)8-21-15(19)12-7-11(20-4)5-6-13(12)16/h5-7,9-10H,8H2,1-4H3,(H,17,18)/t10-/m1/s1. The number of hydrogen-bond donors (Lipinski definition) is 1. The maximum Gasteiger partial charge on any atom is 0.339 e. The van der Waals surface area contributed by atoms with Gasteiger partial charge in [-0.2, -0.15) is 0 Å². The average molecular weight is 358 g/mol. The molecule has 0 saturated carbocycles. The molecule has 0 aliphatic rings. The number of hydrogen-bond acceptors (Lipinski definition) is 4. The Morgan fingerprint density at radius 1 is 1.29 bits per heavy atom. The van der Waals surface area contributed by atoms with Crippen molar-refractivity contribution in [2.45, 2.75) is 26.8 Å². The number of benzene rings is 1. The summed E-state index contributed by atoms with van der Waals surface area (Å²) in [5.41, 5.74) is 0.319. The molecule has 0 aromatic heterocycles. The van der Waals surface area contributed by atoms with Crippen molar-refractivity contribution in [2.24, 2.45) is 5.92 Å². The van der Waals surface area contributed by atoms with Crippen molar-refractivity contribution in [1.29, 1.82) is 0 Å². The van der Waals surface area contributed by atoms with E-state index in [1.807, 2.05) is 20.8 Å². The maximum atomic E-state index is 12.0. The fourth-order valence-electron chi connectivity index (χ4n) is 1.46. The molecule has 0 radical (unpaired) electrons. The summed E-state index contributed by atoms with van der Waals surface area (Å²) in [6.45, 7) is 5.61. The van der Waals surface area contributed by atoms with Gasteiger partial charge in [0.05, 0.1) is 12.7 Å². The molecule has 1 N–H and O–H groups in total. The lowest BCUT2D eigenvalue weighted by molar-refractivity contribution is -0.125. The van der Waals surface area contributed by atoms with Crippen molar-refractivity contribution in [1.82, 2.24) is 5.32 Å². The zero-order valence-electron chi connectivity index (χ0n) is 12.6. The highest BCUT2D eigenvalue weighted by Crippen LogP contribution is 2.23. The third-order valence-electron chi connectivity index (χ3n) is 3.12. The Hall–Kier alpha value is -1.56. The lowest BCUT2D eigenvalue weighted by Gasteiger charge is -2.17. The van der Waals surface area contributed by atoms with Gasteiger partial charge in [0, 0.05) is 10.5 Å². The van der Waals surface area contributed by atoms with Gasteiger partial charge in [-0.05, 0) is 47.0 Å². The van der Waals surface area contributed by atoms with Crippen molar-refractivity contribution in [3.05, 3.63) is 28.2 Å². The third-order valence-corrected chi connectivity index (χ3v) is 3.81. The largest absolute Gasteiger partial charge is 0.497 e. The highest BCUT2D eigenvalue weighted by atomic mass is 79.9. The van der Waals surface area contributed by atoms with Gasteiger partial charge in [0.15, 0.2) is 6.61 Å². The van der Waals surface area contributed by atoms with E-state index in [9.17, 15) is 9.59 Å². The zero-order valence-corrected chi connectivity index (χ0v) is 14.2. The van der Waals surface area contributed by atoms with E-state index in [0.29, 0.717) is 21.7 Å². The summed E-state index contributed by atoms with van der Waals surface area (Å²) < 4.78 is 10.7. The number of carbonyl (C=O) groups is 2. The Bertz CT molecular complexity index is 516. The van der Waals surface area contributed by atoms with Crippen LogP contribution in [0.3, 0.4) is 0 Å². The van der Waals surface area contributed by atoms with Crippen LogP contribution in [-0.2, 0) is 9.53 Å². The van der Waals surface area contributed by atoms with Crippen LogP contribution >= 0.6 is 15.9 Å². The summed E-state index contributed by atoms with van der Waals surface area (Å²) in [7, 11) is 1.51.